The van der Waals surface area contributed by atoms with Gasteiger partial charge in [-0.25, -0.2) is 14.5 Å². The molecule has 2 amide bonds. The average Bonchev–Trinajstić information content (AvgIpc) is 3.41. The van der Waals surface area contributed by atoms with Crippen molar-refractivity contribution in [3.8, 4) is 16.9 Å². The van der Waals surface area contributed by atoms with Crippen LogP contribution in [0.3, 0.4) is 0 Å². The molecule has 0 atom stereocenters. The summed E-state index contributed by atoms with van der Waals surface area (Å²) in [4.78, 5) is 20.8. The molecule has 2 aromatic heterocycles. The quantitative estimate of drug-likeness (QED) is 0.315. The van der Waals surface area contributed by atoms with Gasteiger partial charge in [-0.05, 0) is 55.1 Å². The summed E-state index contributed by atoms with van der Waals surface area (Å²) in [5.41, 5.74) is 8.04. The topological polar surface area (TPSA) is 104 Å². The summed E-state index contributed by atoms with van der Waals surface area (Å²) in [6.07, 6.45) is -1.17. The van der Waals surface area contributed by atoms with Crippen molar-refractivity contribution in [3.05, 3.63) is 84.2 Å². The Hall–Kier alpha value is -4.42. The van der Waals surface area contributed by atoms with E-state index in [9.17, 15) is 18.0 Å². The van der Waals surface area contributed by atoms with Gasteiger partial charge in [0.05, 0.1) is 11.3 Å². The number of nitrogens with two attached hydrogens (primary N) is 1. The van der Waals surface area contributed by atoms with Crippen LogP contribution in [0.1, 0.15) is 11.1 Å². The van der Waals surface area contributed by atoms with Gasteiger partial charge < -0.3 is 21.3 Å². The number of pyridine rings is 1. The maximum Gasteiger partial charge on any atom is 0.416 e. The van der Waals surface area contributed by atoms with Crippen molar-refractivity contribution in [2.75, 3.05) is 49.6 Å². The van der Waals surface area contributed by atoms with Crippen LogP contribution in [-0.4, -0.2) is 63.8 Å². The summed E-state index contributed by atoms with van der Waals surface area (Å²) in [5.74, 6) is 0.356. The Morgan fingerprint density at radius 1 is 0.975 bits per heavy atom. The maximum atomic E-state index is 13.9. The zero-order valence-electron chi connectivity index (χ0n) is 21.8. The van der Waals surface area contributed by atoms with Crippen molar-refractivity contribution < 1.29 is 18.0 Å². The number of piperazine rings is 1. The van der Waals surface area contributed by atoms with Crippen LogP contribution in [0.5, 0.6) is 0 Å². The highest BCUT2D eigenvalue weighted by Gasteiger charge is 2.34. The van der Waals surface area contributed by atoms with Crippen LogP contribution in [0, 0.1) is 0 Å². The lowest BCUT2D eigenvalue weighted by Gasteiger charge is -2.33. The first-order chi connectivity index (χ1) is 19.2. The monoisotopic (exact) mass is 550 g/mol. The number of urea groups is 1. The number of carbonyl (C=O) groups excluding carboxylic acids is 1. The lowest BCUT2D eigenvalue weighted by atomic mass is 10.0. The third-order valence-electron chi connectivity index (χ3n) is 6.75. The van der Waals surface area contributed by atoms with E-state index < -0.39 is 17.8 Å². The fourth-order valence-corrected chi connectivity index (χ4v) is 4.54. The number of halogens is 3. The standard InChI is InChI=1S/C28H29F3N8O/c1-37-13-15-38(16-14-37)18-20-6-9-22(17-23(20)28(29,30)31)35-27(40)34-21-7-4-19(5-8-21)24-10-12-39(36-24)25-3-2-11-33-26(25)32/h2-12,17H,13-16,18H2,1H3,(H2,32,33)(H2,34,35,40). The molecule has 0 aliphatic carbocycles. The highest BCUT2D eigenvalue weighted by Crippen LogP contribution is 2.34. The molecule has 12 heteroatoms. The number of nitrogens with zero attached hydrogens (tertiary/aromatic N) is 5. The van der Waals surface area contributed by atoms with E-state index in [0.29, 0.717) is 36.0 Å². The Balaban J connectivity index is 1.23. The molecule has 0 unspecified atom stereocenters. The predicted octanol–water partition coefficient (Wildman–Crippen LogP) is 4.93. The number of nitrogens with one attached hydrogen (secondary N) is 2. The number of carbonyl (C=O) groups is 1. The van der Waals surface area contributed by atoms with Crippen molar-refractivity contribution in [2.45, 2.75) is 12.7 Å². The SMILES string of the molecule is CN1CCN(Cc2ccc(NC(=O)Nc3ccc(-c4ccn(-c5cccnc5N)n4)cc3)cc2C(F)(F)F)CC1. The molecule has 1 aliphatic heterocycles. The van der Waals surface area contributed by atoms with E-state index in [0.717, 1.165) is 24.7 Å². The Morgan fingerprint density at radius 2 is 1.68 bits per heavy atom. The van der Waals surface area contributed by atoms with Crippen molar-refractivity contribution >= 4 is 23.2 Å². The van der Waals surface area contributed by atoms with Crippen molar-refractivity contribution in [3.63, 3.8) is 0 Å². The minimum atomic E-state index is -4.54. The van der Waals surface area contributed by atoms with E-state index in [1.807, 2.05) is 24.1 Å². The summed E-state index contributed by atoms with van der Waals surface area (Å²) in [6, 6.07) is 15.6. The first-order valence-electron chi connectivity index (χ1n) is 12.7. The molecule has 2 aromatic carbocycles. The van der Waals surface area contributed by atoms with E-state index in [2.05, 4.69) is 25.6 Å². The van der Waals surface area contributed by atoms with Gasteiger partial charge in [0, 0.05) is 62.1 Å². The molecule has 0 spiro atoms. The normalized spacial score (nSPS) is 14.7. The fraction of sp³-hybridized carbons (Fsp3) is 0.250. The maximum absolute atomic E-state index is 13.9. The number of hydrogen-bond acceptors (Lipinski definition) is 6. The van der Waals surface area contributed by atoms with Crippen LogP contribution in [0.2, 0.25) is 0 Å². The number of anilines is 3. The zero-order chi connectivity index (χ0) is 28.3. The molecule has 4 N–H and O–H groups in total. The third-order valence-corrected chi connectivity index (χ3v) is 6.75. The Bertz CT molecular complexity index is 1480. The van der Waals surface area contributed by atoms with Gasteiger partial charge in [-0.1, -0.05) is 18.2 Å². The number of benzene rings is 2. The van der Waals surface area contributed by atoms with E-state index in [4.69, 9.17) is 5.73 Å². The largest absolute Gasteiger partial charge is 0.416 e. The van der Waals surface area contributed by atoms with Gasteiger partial charge in [-0.2, -0.15) is 18.3 Å². The average molecular weight is 551 g/mol. The second-order valence-electron chi connectivity index (χ2n) is 9.66. The molecule has 1 aliphatic rings. The van der Waals surface area contributed by atoms with Crippen molar-refractivity contribution in [1.82, 2.24) is 24.6 Å². The minimum Gasteiger partial charge on any atom is -0.382 e. The molecule has 0 radical (unpaired) electrons. The Morgan fingerprint density at radius 3 is 2.38 bits per heavy atom. The van der Waals surface area contributed by atoms with Crippen LogP contribution in [0.25, 0.3) is 16.9 Å². The highest BCUT2D eigenvalue weighted by atomic mass is 19.4. The molecule has 208 valence electrons. The van der Waals surface area contributed by atoms with Gasteiger partial charge in [0.2, 0.25) is 0 Å². The Labute approximate surface area is 229 Å². The molecule has 3 heterocycles. The van der Waals surface area contributed by atoms with Gasteiger partial charge in [0.15, 0.2) is 0 Å². The second kappa shape index (κ2) is 11.4. The van der Waals surface area contributed by atoms with Crippen molar-refractivity contribution in [2.24, 2.45) is 0 Å². The van der Waals surface area contributed by atoms with Crippen LogP contribution >= 0.6 is 0 Å². The summed E-state index contributed by atoms with van der Waals surface area (Å²) in [6.45, 7) is 3.24. The second-order valence-corrected chi connectivity index (χ2v) is 9.66. The van der Waals surface area contributed by atoms with E-state index in [1.54, 1.807) is 47.4 Å². The van der Waals surface area contributed by atoms with Crippen LogP contribution in [0.4, 0.5) is 35.2 Å². The summed E-state index contributed by atoms with van der Waals surface area (Å²) >= 11 is 0. The van der Waals surface area contributed by atoms with Crippen LogP contribution in [0.15, 0.2) is 73.1 Å². The number of nitrogen functional groups attached to an aromatic ring is 1. The number of hydrogen-bond donors (Lipinski definition) is 3. The van der Waals surface area contributed by atoms with Crippen LogP contribution < -0.4 is 16.4 Å². The molecular weight excluding hydrogens is 521 g/mol. The van der Waals surface area contributed by atoms with Crippen molar-refractivity contribution in [1.29, 1.82) is 0 Å². The smallest absolute Gasteiger partial charge is 0.382 e. The zero-order valence-corrected chi connectivity index (χ0v) is 21.8. The number of likely N-dealkylation sites (N-methyl/N-ethyl adjacent to an activating group) is 1. The number of amides is 2. The molecule has 40 heavy (non-hydrogen) atoms. The first-order valence-corrected chi connectivity index (χ1v) is 12.7. The molecular formula is C28H29F3N8O. The van der Waals surface area contributed by atoms with Gasteiger partial charge in [-0.3, -0.25) is 4.90 Å². The molecule has 1 saturated heterocycles. The fourth-order valence-electron chi connectivity index (χ4n) is 4.54. The number of alkyl halides is 3. The third kappa shape index (κ3) is 6.41. The van der Waals surface area contributed by atoms with Gasteiger partial charge >= 0.3 is 12.2 Å². The van der Waals surface area contributed by atoms with Gasteiger partial charge in [0.1, 0.15) is 11.5 Å². The van der Waals surface area contributed by atoms with E-state index in [1.165, 1.54) is 12.1 Å². The molecule has 5 rings (SSSR count). The molecule has 9 nitrogen and oxygen atoms in total. The van der Waals surface area contributed by atoms with E-state index in [-0.39, 0.29) is 17.8 Å². The Kier molecular flexibility index (Phi) is 7.71. The van der Waals surface area contributed by atoms with Gasteiger partial charge in [0.25, 0.3) is 0 Å². The van der Waals surface area contributed by atoms with Crippen LogP contribution in [-0.2, 0) is 12.7 Å². The number of aromatic nitrogens is 3. The van der Waals surface area contributed by atoms with E-state index >= 15 is 0 Å². The predicted molar refractivity (Wildman–Crippen MR) is 148 cm³/mol. The minimum absolute atomic E-state index is 0.0591. The lowest BCUT2D eigenvalue weighted by Crippen LogP contribution is -2.44. The molecule has 4 aromatic rings. The first kappa shape index (κ1) is 27.2. The summed E-state index contributed by atoms with van der Waals surface area (Å²) in [7, 11) is 1.99. The summed E-state index contributed by atoms with van der Waals surface area (Å²) < 4.78 is 43.2. The number of rotatable bonds is 6. The highest BCUT2D eigenvalue weighted by molar-refractivity contribution is 6.00. The lowest BCUT2D eigenvalue weighted by molar-refractivity contribution is -0.138. The summed E-state index contributed by atoms with van der Waals surface area (Å²) in [5, 5.41) is 9.70. The molecule has 0 bridgehead atoms. The molecule has 0 saturated carbocycles. The van der Waals surface area contributed by atoms with Gasteiger partial charge in [-0.15, -0.1) is 0 Å². The molecule has 1 fully saturated rings.